The van der Waals surface area contributed by atoms with Crippen LogP contribution in [0.1, 0.15) is 11.7 Å². The number of fused-ring (bicyclic) bond motifs is 1. The molecule has 5 nitrogen and oxygen atoms in total. The van der Waals surface area contributed by atoms with E-state index in [1.54, 1.807) is 18.2 Å². The smallest absolute Gasteiger partial charge is 0.244 e. The Kier molecular flexibility index (Phi) is 4.86. The number of sulfonamides is 1. The van der Waals surface area contributed by atoms with Crippen molar-refractivity contribution in [1.82, 2.24) is 4.72 Å². The molecule has 0 saturated heterocycles. The molecule has 126 valence electrons. The van der Waals surface area contributed by atoms with Crippen molar-refractivity contribution >= 4 is 31.4 Å². The SMILES string of the molecule is COc1ccccc1S(=O)(=O)NCC(O)c1csc2ccccc12. The van der Waals surface area contributed by atoms with Crippen LogP contribution in [0.3, 0.4) is 0 Å². The van der Waals surface area contributed by atoms with Gasteiger partial charge in [-0.1, -0.05) is 30.3 Å². The molecule has 2 aromatic carbocycles. The standard InChI is InChI=1S/C17H17NO4S2/c1-22-15-7-3-5-9-17(15)24(20,21)18-10-14(19)13-11-23-16-8-4-2-6-12(13)16/h2-9,11,14,18-19H,10H2,1H3. The monoisotopic (exact) mass is 363 g/mol. The van der Waals surface area contributed by atoms with Crippen molar-refractivity contribution in [1.29, 1.82) is 0 Å². The lowest BCUT2D eigenvalue weighted by Crippen LogP contribution is -2.28. The number of para-hydroxylation sites is 1. The second-order valence-corrected chi connectivity index (χ2v) is 7.85. The minimum atomic E-state index is -3.77. The molecule has 1 atom stereocenters. The molecule has 0 fully saturated rings. The molecule has 1 heterocycles. The van der Waals surface area contributed by atoms with E-state index in [1.807, 2.05) is 29.6 Å². The highest BCUT2D eigenvalue weighted by atomic mass is 32.2. The van der Waals surface area contributed by atoms with Crippen LogP contribution in [0.15, 0.2) is 58.8 Å². The van der Waals surface area contributed by atoms with Gasteiger partial charge in [0.25, 0.3) is 0 Å². The molecule has 0 spiro atoms. The summed E-state index contributed by atoms with van der Waals surface area (Å²) in [6, 6.07) is 14.1. The lowest BCUT2D eigenvalue weighted by molar-refractivity contribution is 0.184. The fraction of sp³-hybridized carbons (Fsp3) is 0.176. The molecule has 0 radical (unpaired) electrons. The quantitative estimate of drug-likeness (QED) is 0.706. The van der Waals surface area contributed by atoms with Crippen LogP contribution in [0.2, 0.25) is 0 Å². The number of thiophene rings is 1. The van der Waals surface area contributed by atoms with Gasteiger partial charge in [0.1, 0.15) is 10.6 Å². The largest absolute Gasteiger partial charge is 0.495 e. The Balaban J connectivity index is 1.79. The molecular formula is C17H17NO4S2. The fourth-order valence-electron chi connectivity index (χ4n) is 2.47. The van der Waals surface area contributed by atoms with Crippen LogP contribution in [0.4, 0.5) is 0 Å². The van der Waals surface area contributed by atoms with E-state index in [2.05, 4.69) is 4.72 Å². The number of benzene rings is 2. The molecule has 1 aromatic heterocycles. The molecule has 7 heteroatoms. The van der Waals surface area contributed by atoms with Crippen LogP contribution in [0, 0.1) is 0 Å². The van der Waals surface area contributed by atoms with Gasteiger partial charge in [0.15, 0.2) is 0 Å². The third-order valence-electron chi connectivity index (χ3n) is 3.70. The number of methoxy groups -OCH3 is 1. The normalized spacial score (nSPS) is 13.1. The first kappa shape index (κ1) is 16.9. The Morgan fingerprint density at radius 2 is 1.88 bits per heavy atom. The fourth-order valence-corrected chi connectivity index (χ4v) is 4.69. The Morgan fingerprint density at radius 3 is 2.67 bits per heavy atom. The summed E-state index contributed by atoms with van der Waals surface area (Å²) in [7, 11) is -2.36. The molecule has 3 aromatic rings. The number of hydrogen-bond acceptors (Lipinski definition) is 5. The summed E-state index contributed by atoms with van der Waals surface area (Å²) in [5.41, 5.74) is 0.721. The summed E-state index contributed by atoms with van der Waals surface area (Å²) < 4.78 is 33.5. The summed E-state index contributed by atoms with van der Waals surface area (Å²) in [6.45, 7) is -0.110. The first-order chi connectivity index (χ1) is 11.5. The maximum Gasteiger partial charge on any atom is 0.244 e. The van der Waals surface area contributed by atoms with Crippen LogP contribution < -0.4 is 9.46 Å². The molecule has 2 N–H and O–H groups in total. The molecule has 3 rings (SSSR count). The molecule has 0 aliphatic heterocycles. The third-order valence-corrected chi connectivity index (χ3v) is 6.14. The van der Waals surface area contributed by atoms with Crippen molar-refractivity contribution in [2.45, 2.75) is 11.0 Å². The Morgan fingerprint density at radius 1 is 1.17 bits per heavy atom. The minimum absolute atomic E-state index is 0.0508. The number of hydrogen-bond donors (Lipinski definition) is 2. The molecule has 24 heavy (non-hydrogen) atoms. The molecular weight excluding hydrogens is 346 g/mol. The lowest BCUT2D eigenvalue weighted by Gasteiger charge is -2.13. The Labute approximate surface area is 144 Å². The molecule has 0 bridgehead atoms. The van der Waals surface area contributed by atoms with Gasteiger partial charge in [-0.2, -0.15) is 0 Å². The zero-order valence-corrected chi connectivity index (χ0v) is 14.6. The van der Waals surface area contributed by atoms with Gasteiger partial charge in [-0.25, -0.2) is 13.1 Å². The number of aliphatic hydroxyl groups excluding tert-OH is 1. The van der Waals surface area contributed by atoms with Gasteiger partial charge in [0.05, 0.1) is 13.2 Å². The average Bonchev–Trinajstić information content (AvgIpc) is 3.04. The summed E-state index contributed by atoms with van der Waals surface area (Å²) in [6.07, 6.45) is -0.925. The number of aliphatic hydroxyl groups is 1. The van der Waals surface area contributed by atoms with Gasteiger partial charge in [-0.3, -0.25) is 0 Å². The Bertz CT molecular complexity index is 950. The van der Waals surface area contributed by atoms with Crippen LogP contribution in [-0.4, -0.2) is 27.2 Å². The van der Waals surface area contributed by atoms with Crippen molar-refractivity contribution in [3.05, 3.63) is 59.5 Å². The molecule has 1 unspecified atom stereocenters. The van der Waals surface area contributed by atoms with Gasteiger partial charge < -0.3 is 9.84 Å². The summed E-state index contributed by atoms with van der Waals surface area (Å²) in [4.78, 5) is 0.0508. The topological polar surface area (TPSA) is 75.6 Å². The zero-order valence-electron chi connectivity index (χ0n) is 13.0. The Hall–Kier alpha value is -1.93. The number of ether oxygens (including phenoxy) is 1. The van der Waals surface area contributed by atoms with E-state index in [4.69, 9.17) is 4.74 Å². The highest BCUT2D eigenvalue weighted by Gasteiger charge is 2.21. The predicted molar refractivity (Wildman–Crippen MR) is 95.0 cm³/mol. The van der Waals surface area contributed by atoms with E-state index in [0.29, 0.717) is 0 Å². The zero-order chi connectivity index (χ0) is 17.2. The van der Waals surface area contributed by atoms with E-state index in [0.717, 1.165) is 15.6 Å². The van der Waals surface area contributed by atoms with Gasteiger partial charge in [0, 0.05) is 16.8 Å². The van der Waals surface area contributed by atoms with Gasteiger partial charge in [-0.15, -0.1) is 11.3 Å². The lowest BCUT2D eigenvalue weighted by atomic mass is 10.1. The molecule has 0 amide bonds. The van der Waals surface area contributed by atoms with E-state index in [1.165, 1.54) is 24.5 Å². The molecule has 0 aliphatic rings. The average molecular weight is 363 g/mol. The van der Waals surface area contributed by atoms with Crippen LogP contribution in [-0.2, 0) is 10.0 Å². The van der Waals surface area contributed by atoms with Gasteiger partial charge in [-0.05, 0) is 29.0 Å². The first-order valence-corrected chi connectivity index (χ1v) is 9.66. The van der Waals surface area contributed by atoms with Crippen molar-refractivity contribution in [2.24, 2.45) is 0 Å². The maximum atomic E-state index is 12.4. The highest BCUT2D eigenvalue weighted by molar-refractivity contribution is 7.89. The van der Waals surface area contributed by atoms with E-state index in [9.17, 15) is 13.5 Å². The second-order valence-electron chi connectivity index (χ2n) is 5.21. The molecule has 0 aliphatic carbocycles. The van der Waals surface area contributed by atoms with Crippen LogP contribution >= 0.6 is 11.3 Å². The van der Waals surface area contributed by atoms with Crippen molar-refractivity contribution in [2.75, 3.05) is 13.7 Å². The predicted octanol–water partition coefficient (Wildman–Crippen LogP) is 2.92. The van der Waals surface area contributed by atoms with E-state index >= 15 is 0 Å². The summed E-state index contributed by atoms with van der Waals surface area (Å²) in [5, 5.41) is 13.2. The number of rotatable bonds is 6. The molecule has 0 saturated carbocycles. The van der Waals surface area contributed by atoms with Crippen LogP contribution in [0.5, 0.6) is 5.75 Å². The second kappa shape index (κ2) is 6.90. The van der Waals surface area contributed by atoms with Crippen molar-refractivity contribution in [3.63, 3.8) is 0 Å². The minimum Gasteiger partial charge on any atom is -0.495 e. The van der Waals surface area contributed by atoms with E-state index in [-0.39, 0.29) is 17.2 Å². The van der Waals surface area contributed by atoms with Gasteiger partial charge in [0.2, 0.25) is 10.0 Å². The third kappa shape index (κ3) is 3.29. The summed E-state index contributed by atoms with van der Waals surface area (Å²) in [5.74, 6) is 0.264. The van der Waals surface area contributed by atoms with Crippen molar-refractivity contribution < 1.29 is 18.3 Å². The first-order valence-electron chi connectivity index (χ1n) is 7.30. The van der Waals surface area contributed by atoms with E-state index < -0.39 is 16.1 Å². The van der Waals surface area contributed by atoms with Crippen molar-refractivity contribution in [3.8, 4) is 5.75 Å². The highest BCUT2D eigenvalue weighted by Crippen LogP contribution is 2.30. The van der Waals surface area contributed by atoms with Crippen LogP contribution in [0.25, 0.3) is 10.1 Å². The maximum absolute atomic E-state index is 12.4. The summed E-state index contributed by atoms with van der Waals surface area (Å²) >= 11 is 1.52. The van der Waals surface area contributed by atoms with Gasteiger partial charge >= 0.3 is 0 Å². The number of nitrogens with one attached hydrogen (secondary N) is 1.